The predicted octanol–water partition coefficient (Wildman–Crippen LogP) is 4.33. The lowest BCUT2D eigenvalue weighted by Gasteiger charge is -2.10. The smallest absolute Gasteiger partial charge is 0.230 e. The van der Waals surface area contributed by atoms with Crippen molar-refractivity contribution >= 4 is 57.4 Å². The van der Waals surface area contributed by atoms with Crippen molar-refractivity contribution in [2.75, 3.05) is 10.6 Å². The molecule has 138 valence electrons. The monoisotopic (exact) mass is 398 g/mol. The van der Waals surface area contributed by atoms with Crippen molar-refractivity contribution in [1.29, 1.82) is 0 Å². The van der Waals surface area contributed by atoms with Crippen LogP contribution in [0.1, 0.15) is 16.8 Å². The summed E-state index contributed by atoms with van der Waals surface area (Å²) < 4.78 is 0. The van der Waals surface area contributed by atoms with Crippen LogP contribution in [-0.4, -0.2) is 21.0 Å². The van der Waals surface area contributed by atoms with Crippen LogP contribution in [0.3, 0.4) is 0 Å². The number of hydrogen-bond donors (Lipinski definition) is 3. The van der Waals surface area contributed by atoms with E-state index < -0.39 is 0 Å². The minimum atomic E-state index is 0.0954. The number of nitrogens with two attached hydrogens (primary N) is 1. The highest BCUT2D eigenvalue weighted by Crippen LogP contribution is 2.23. The average molecular weight is 399 g/mol. The summed E-state index contributed by atoms with van der Waals surface area (Å²) in [4.78, 5) is 13.0. The van der Waals surface area contributed by atoms with E-state index in [4.69, 9.17) is 29.6 Å². The van der Waals surface area contributed by atoms with E-state index >= 15 is 0 Å². The Hall–Kier alpha value is -2.77. The van der Waals surface area contributed by atoms with E-state index in [0.29, 0.717) is 11.0 Å². The Labute approximate surface area is 167 Å². The van der Waals surface area contributed by atoms with Gasteiger partial charge < -0.3 is 11.1 Å². The Bertz CT molecular complexity index is 1060. The molecule has 3 aromatic rings. The number of halogens is 1. The highest BCUT2D eigenvalue weighted by Gasteiger charge is 2.07. The van der Waals surface area contributed by atoms with Crippen LogP contribution < -0.4 is 16.4 Å². The van der Waals surface area contributed by atoms with Gasteiger partial charge in [-0.3, -0.25) is 5.32 Å². The first-order valence-electron chi connectivity index (χ1n) is 8.26. The predicted molar refractivity (Wildman–Crippen MR) is 117 cm³/mol. The Kier molecular flexibility index (Phi) is 5.53. The maximum absolute atomic E-state index is 6.11. The topological polar surface area (TPSA) is 88.2 Å². The highest BCUT2D eigenvalue weighted by atomic mass is 35.5. The lowest BCUT2D eigenvalue weighted by molar-refractivity contribution is 1.15. The van der Waals surface area contributed by atoms with Crippen LogP contribution in [0.5, 0.6) is 0 Å². The summed E-state index contributed by atoms with van der Waals surface area (Å²) in [6, 6.07) is 11.5. The summed E-state index contributed by atoms with van der Waals surface area (Å²) in [5, 5.41) is 7.76. The SMILES string of the molecule is Cc1ccc2nc(N/C(N)=N/C(=S)Nc3cccc(Cl)c3C)nc(C)c2c1. The zero-order chi connectivity index (χ0) is 19.6. The zero-order valence-corrected chi connectivity index (χ0v) is 16.7. The van der Waals surface area contributed by atoms with E-state index in [1.807, 2.05) is 51.1 Å². The number of rotatable bonds is 2. The molecule has 0 spiro atoms. The second-order valence-corrected chi connectivity index (χ2v) is 6.91. The van der Waals surface area contributed by atoms with E-state index in [2.05, 4.69) is 31.7 Å². The van der Waals surface area contributed by atoms with Gasteiger partial charge in [-0.15, -0.1) is 0 Å². The molecule has 0 radical (unpaired) electrons. The molecule has 0 amide bonds. The van der Waals surface area contributed by atoms with Gasteiger partial charge in [-0.05, 0) is 62.8 Å². The summed E-state index contributed by atoms with van der Waals surface area (Å²) in [6.07, 6.45) is 0. The van der Waals surface area contributed by atoms with Gasteiger partial charge >= 0.3 is 0 Å². The summed E-state index contributed by atoms with van der Waals surface area (Å²) in [7, 11) is 0. The van der Waals surface area contributed by atoms with Crippen LogP contribution >= 0.6 is 23.8 Å². The van der Waals surface area contributed by atoms with Gasteiger partial charge in [-0.2, -0.15) is 4.99 Å². The molecule has 0 saturated carbocycles. The van der Waals surface area contributed by atoms with Crippen LogP contribution in [0.4, 0.5) is 11.6 Å². The van der Waals surface area contributed by atoms with Crippen LogP contribution in [0, 0.1) is 20.8 Å². The van der Waals surface area contributed by atoms with Crippen molar-refractivity contribution in [1.82, 2.24) is 9.97 Å². The molecule has 6 nitrogen and oxygen atoms in total. The van der Waals surface area contributed by atoms with Gasteiger partial charge in [0.25, 0.3) is 0 Å². The van der Waals surface area contributed by atoms with Gasteiger partial charge in [0.05, 0.1) is 11.2 Å². The largest absolute Gasteiger partial charge is 0.369 e. The quantitative estimate of drug-likeness (QED) is 0.338. The fraction of sp³-hybridized carbons (Fsp3) is 0.158. The van der Waals surface area contributed by atoms with E-state index in [0.717, 1.165) is 33.4 Å². The average Bonchev–Trinajstić information content (AvgIpc) is 2.59. The van der Waals surface area contributed by atoms with Gasteiger partial charge in [0.1, 0.15) is 0 Å². The van der Waals surface area contributed by atoms with E-state index in [9.17, 15) is 0 Å². The first-order chi connectivity index (χ1) is 12.8. The number of aliphatic imine (C=N–C) groups is 1. The lowest BCUT2D eigenvalue weighted by Crippen LogP contribution is -2.26. The Balaban J connectivity index is 1.77. The number of nitrogens with zero attached hydrogens (tertiary/aromatic N) is 3. The number of guanidine groups is 1. The molecule has 1 heterocycles. The Morgan fingerprint density at radius 3 is 2.67 bits per heavy atom. The minimum absolute atomic E-state index is 0.0954. The summed E-state index contributed by atoms with van der Waals surface area (Å²) in [5.74, 6) is 0.463. The second kappa shape index (κ2) is 7.85. The third kappa shape index (κ3) is 4.50. The van der Waals surface area contributed by atoms with E-state index in [-0.39, 0.29) is 11.1 Å². The number of benzene rings is 2. The summed E-state index contributed by atoms with van der Waals surface area (Å²) in [6.45, 7) is 5.85. The number of aryl methyl sites for hydroxylation is 2. The van der Waals surface area contributed by atoms with Crippen molar-refractivity contribution in [3.8, 4) is 0 Å². The normalized spacial score (nSPS) is 11.5. The van der Waals surface area contributed by atoms with Gasteiger partial charge in [0.15, 0.2) is 0 Å². The van der Waals surface area contributed by atoms with Crippen molar-refractivity contribution in [2.45, 2.75) is 20.8 Å². The number of fused-ring (bicyclic) bond motifs is 1. The minimum Gasteiger partial charge on any atom is -0.369 e. The molecular weight excluding hydrogens is 380 g/mol. The molecule has 0 saturated heterocycles. The second-order valence-electron chi connectivity index (χ2n) is 6.12. The van der Waals surface area contributed by atoms with Crippen LogP contribution in [0.2, 0.25) is 5.02 Å². The van der Waals surface area contributed by atoms with Crippen molar-refractivity contribution < 1.29 is 0 Å². The molecule has 0 aliphatic rings. The number of hydrogen-bond acceptors (Lipinski definition) is 3. The molecule has 0 atom stereocenters. The van der Waals surface area contributed by atoms with E-state index in [1.165, 1.54) is 0 Å². The molecule has 0 unspecified atom stereocenters. The zero-order valence-electron chi connectivity index (χ0n) is 15.2. The van der Waals surface area contributed by atoms with Gasteiger partial charge in [-0.1, -0.05) is 29.3 Å². The lowest BCUT2D eigenvalue weighted by atomic mass is 10.1. The molecule has 0 aliphatic carbocycles. The molecular formula is C19H19ClN6S. The molecule has 8 heteroatoms. The fourth-order valence-electron chi connectivity index (χ4n) is 2.59. The molecule has 0 fully saturated rings. The molecule has 1 aromatic heterocycles. The van der Waals surface area contributed by atoms with Gasteiger partial charge in [-0.25, -0.2) is 9.97 Å². The van der Waals surface area contributed by atoms with Crippen molar-refractivity contribution in [3.63, 3.8) is 0 Å². The van der Waals surface area contributed by atoms with Crippen LogP contribution in [-0.2, 0) is 0 Å². The Morgan fingerprint density at radius 2 is 1.89 bits per heavy atom. The number of aromatic nitrogens is 2. The molecule has 2 aromatic carbocycles. The maximum atomic E-state index is 6.11. The standard InChI is InChI=1S/C19H19ClN6S/c1-10-7-8-16-13(9-10)12(3)22-18(23-16)25-17(21)26-19(27)24-15-6-4-5-14(20)11(15)2/h4-9H,1-3H3,(H4,21,22,23,24,25,26,27). The van der Waals surface area contributed by atoms with Crippen molar-refractivity contribution in [2.24, 2.45) is 10.7 Å². The van der Waals surface area contributed by atoms with Gasteiger partial charge in [0, 0.05) is 16.1 Å². The number of anilines is 2. The summed E-state index contributed by atoms with van der Waals surface area (Å²) >= 11 is 11.4. The molecule has 4 N–H and O–H groups in total. The van der Waals surface area contributed by atoms with Crippen molar-refractivity contribution in [3.05, 3.63) is 58.2 Å². The Morgan fingerprint density at radius 1 is 1.11 bits per heavy atom. The fourth-order valence-corrected chi connectivity index (χ4v) is 2.97. The number of thiocarbonyl (C=S) groups is 1. The summed E-state index contributed by atoms with van der Waals surface area (Å²) in [5.41, 5.74) is 10.5. The van der Waals surface area contributed by atoms with E-state index in [1.54, 1.807) is 0 Å². The molecule has 27 heavy (non-hydrogen) atoms. The third-order valence-corrected chi connectivity index (χ3v) is 4.62. The van der Waals surface area contributed by atoms with Gasteiger partial charge in [0.2, 0.25) is 17.0 Å². The van der Waals surface area contributed by atoms with Crippen LogP contribution in [0.15, 0.2) is 41.4 Å². The maximum Gasteiger partial charge on any atom is 0.230 e. The number of nitrogens with one attached hydrogen (secondary N) is 2. The molecule has 3 rings (SSSR count). The first-order valence-corrected chi connectivity index (χ1v) is 9.04. The third-order valence-electron chi connectivity index (χ3n) is 4.01. The highest BCUT2D eigenvalue weighted by molar-refractivity contribution is 7.80. The molecule has 0 bridgehead atoms. The van der Waals surface area contributed by atoms with Crippen LogP contribution in [0.25, 0.3) is 10.9 Å². The molecule has 0 aliphatic heterocycles. The first kappa shape index (κ1) is 19.0.